The molecule has 0 saturated carbocycles. The van der Waals surface area contributed by atoms with Crippen LogP contribution >= 0.6 is 0 Å². The lowest BCUT2D eigenvalue weighted by Gasteiger charge is -2.19. The molecule has 2 aromatic heterocycles. The van der Waals surface area contributed by atoms with E-state index in [1.54, 1.807) is 0 Å². The van der Waals surface area contributed by atoms with Crippen LogP contribution in [0.3, 0.4) is 0 Å². The second kappa shape index (κ2) is 12.9. The first kappa shape index (κ1) is 33.2. The Morgan fingerprint density at radius 3 is 1.30 bits per heavy atom. The molecule has 8 aromatic carbocycles. The number of aromatic nitrogens is 2. The average Bonchev–Trinajstić information content (AvgIpc) is 3.75. The molecule has 10 rings (SSSR count). The highest BCUT2D eigenvalue weighted by Crippen LogP contribution is 2.42. The Morgan fingerprint density at radius 1 is 0.375 bits per heavy atom. The third kappa shape index (κ3) is 5.04. The van der Waals surface area contributed by atoms with Crippen LogP contribution in [-0.2, 0) is 0 Å². The third-order valence-corrected chi connectivity index (χ3v) is 10.7. The molecule has 0 aliphatic rings. The summed E-state index contributed by atoms with van der Waals surface area (Å²) in [7, 11) is 0. The second-order valence-electron chi connectivity index (χ2n) is 13.7. The number of halogens is 4. The van der Waals surface area contributed by atoms with Crippen molar-refractivity contribution in [3.63, 3.8) is 0 Å². The van der Waals surface area contributed by atoms with Gasteiger partial charge in [-0.2, -0.15) is 5.26 Å². The number of hydrogen-bond acceptors (Lipinski definition) is 1. The van der Waals surface area contributed by atoms with Crippen molar-refractivity contribution in [3.05, 3.63) is 193 Å². The van der Waals surface area contributed by atoms with Gasteiger partial charge in [-0.3, -0.25) is 0 Å². The smallest absolute Gasteiger partial charge is 0.195 e. The van der Waals surface area contributed by atoms with E-state index in [-0.39, 0.29) is 11.1 Å². The zero-order valence-electron chi connectivity index (χ0n) is 29.4. The zero-order valence-corrected chi connectivity index (χ0v) is 29.4. The fraction of sp³-hybridized carbons (Fsp3) is 0. The van der Waals surface area contributed by atoms with Gasteiger partial charge in [0, 0.05) is 27.6 Å². The first-order valence-corrected chi connectivity index (χ1v) is 18.0. The minimum atomic E-state index is -1.79. The molecule has 0 unspecified atom stereocenters. The number of nitriles is 1. The van der Waals surface area contributed by atoms with Crippen molar-refractivity contribution in [2.24, 2.45) is 0 Å². The lowest BCUT2D eigenvalue weighted by molar-refractivity contribution is 0.437. The highest BCUT2D eigenvalue weighted by molar-refractivity contribution is 6.12. The van der Waals surface area contributed by atoms with E-state index < -0.39 is 28.8 Å². The van der Waals surface area contributed by atoms with Crippen molar-refractivity contribution in [1.29, 1.82) is 5.26 Å². The molecule has 0 aliphatic heterocycles. The summed E-state index contributed by atoms with van der Waals surface area (Å²) in [5, 5.41) is 14.8. The molecule has 0 spiro atoms. The van der Waals surface area contributed by atoms with Crippen molar-refractivity contribution >= 4 is 43.6 Å². The van der Waals surface area contributed by atoms with Crippen LogP contribution in [0.1, 0.15) is 5.56 Å². The van der Waals surface area contributed by atoms with Gasteiger partial charge in [0.25, 0.3) is 0 Å². The Hall–Kier alpha value is -7.43. The molecule has 7 heteroatoms. The second-order valence-corrected chi connectivity index (χ2v) is 13.7. The lowest BCUT2D eigenvalue weighted by Crippen LogP contribution is -2.07. The van der Waals surface area contributed by atoms with Gasteiger partial charge in [0.15, 0.2) is 17.5 Å². The quantitative estimate of drug-likeness (QED) is 0.0985. The molecule has 0 radical (unpaired) electrons. The van der Waals surface area contributed by atoms with Crippen LogP contribution in [0.25, 0.3) is 88.4 Å². The Bertz CT molecular complexity index is 3070. The predicted octanol–water partition coefficient (Wildman–Crippen LogP) is 13.3. The first-order valence-electron chi connectivity index (χ1n) is 18.0. The Balaban J connectivity index is 1.37. The Morgan fingerprint density at radius 2 is 0.821 bits per heavy atom. The number of benzene rings is 8. The van der Waals surface area contributed by atoms with E-state index in [4.69, 9.17) is 0 Å². The molecular formula is C49H27F4N3. The molecule has 10 aromatic rings. The summed E-state index contributed by atoms with van der Waals surface area (Å²) in [6, 6.07) is 53.2. The summed E-state index contributed by atoms with van der Waals surface area (Å²) >= 11 is 0. The van der Waals surface area contributed by atoms with Crippen molar-refractivity contribution in [2.45, 2.75) is 0 Å². The summed E-state index contributed by atoms with van der Waals surface area (Å²) in [4.78, 5) is 0. The van der Waals surface area contributed by atoms with Crippen LogP contribution in [0.4, 0.5) is 17.6 Å². The molecule has 2 heterocycles. The number of nitrogens with zero attached hydrogens (tertiary/aromatic N) is 3. The van der Waals surface area contributed by atoms with E-state index in [1.807, 2.05) is 155 Å². The normalized spacial score (nSPS) is 11.6. The van der Waals surface area contributed by atoms with Gasteiger partial charge in [0.05, 0.1) is 39.0 Å². The van der Waals surface area contributed by atoms with Gasteiger partial charge in [-0.05, 0) is 64.2 Å². The van der Waals surface area contributed by atoms with Crippen LogP contribution in [0.2, 0.25) is 0 Å². The topological polar surface area (TPSA) is 33.6 Å². The van der Waals surface area contributed by atoms with Crippen LogP contribution in [-0.4, -0.2) is 9.13 Å². The molecule has 266 valence electrons. The maximum atomic E-state index is 15.9. The molecule has 0 N–H and O–H groups in total. The molecule has 0 fully saturated rings. The largest absolute Gasteiger partial charge is 0.308 e. The van der Waals surface area contributed by atoms with Crippen molar-refractivity contribution in [1.82, 2.24) is 9.13 Å². The lowest BCUT2D eigenvalue weighted by atomic mass is 9.98. The van der Waals surface area contributed by atoms with Crippen molar-refractivity contribution in [2.75, 3.05) is 0 Å². The summed E-state index contributed by atoms with van der Waals surface area (Å²) in [6.45, 7) is 0. The molecular weight excluding hydrogens is 707 g/mol. The summed E-state index contributed by atoms with van der Waals surface area (Å²) in [5.74, 6) is -6.36. The fourth-order valence-electron chi connectivity index (χ4n) is 8.13. The molecule has 0 aliphatic carbocycles. The Kier molecular flexibility index (Phi) is 7.62. The SMILES string of the molecule is N#Cc1c(-n2c3ccccc3c3ccc(-c4ccccc4)cc32)cc(-c2c(F)cc(F)c(F)c2F)cc1-n1c2ccccc2c2ccc(-c3ccccc3)cc21. The van der Waals surface area contributed by atoms with E-state index in [1.165, 1.54) is 12.1 Å². The van der Waals surface area contributed by atoms with Gasteiger partial charge < -0.3 is 9.13 Å². The predicted molar refractivity (Wildman–Crippen MR) is 216 cm³/mol. The molecule has 0 atom stereocenters. The zero-order chi connectivity index (χ0) is 38.1. The molecule has 3 nitrogen and oxygen atoms in total. The third-order valence-electron chi connectivity index (χ3n) is 10.7. The fourth-order valence-corrected chi connectivity index (χ4v) is 8.13. The highest BCUT2D eigenvalue weighted by atomic mass is 19.2. The van der Waals surface area contributed by atoms with Crippen LogP contribution in [0, 0.1) is 34.6 Å². The number of hydrogen-bond donors (Lipinski definition) is 0. The standard InChI is InChI=1S/C49H27F4N3/c50-39-27-40(51)48(52)49(53)47(39)33-25-45(55-41-17-9-7-15-34(41)36-21-19-31(23-43(36)55)29-11-3-1-4-12-29)38(28-54)46(26-33)56-42-18-10-8-16-35(42)37-22-20-32(24-44(37)56)30-13-5-2-6-14-30/h1-27H. The minimum Gasteiger partial charge on any atom is -0.308 e. The molecule has 56 heavy (non-hydrogen) atoms. The van der Waals surface area contributed by atoms with E-state index >= 15 is 13.2 Å². The summed E-state index contributed by atoms with van der Waals surface area (Å²) < 4.78 is 65.0. The minimum absolute atomic E-state index is 0.0711. The van der Waals surface area contributed by atoms with E-state index in [2.05, 4.69) is 6.07 Å². The van der Waals surface area contributed by atoms with Crippen LogP contribution < -0.4 is 0 Å². The maximum absolute atomic E-state index is 15.9. The van der Waals surface area contributed by atoms with E-state index in [9.17, 15) is 9.65 Å². The van der Waals surface area contributed by atoms with Gasteiger partial charge >= 0.3 is 0 Å². The monoisotopic (exact) mass is 733 g/mol. The van der Waals surface area contributed by atoms with Gasteiger partial charge in [0.2, 0.25) is 0 Å². The number of rotatable bonds is 5. The van der Waals surface area contributed by atoms with E-state index in [0.29, 0.717) is 17.4 Å². The number of para-hydroxylation sites is 2. The van der Waals surface area contributed by atoms with Gasteiger partial charge in [-0.15, -0.1) is 0 Å². The van der Waals surface area contributed by atoms with Crippen molar-refractivity contribution < 1.29 is 17.6 Å². The van der Waals surface area contributed by atoms with Crippen molar-refractivity contribution in [3.8, 4) is 50.8 Å². The molecule has 0 saturated heterocycles. The molecule has 0 bridgehead atoms. The summed E-state index contributed by atoms with van der Waals surface area (Å²) in [5.41, 5.74) is 6.78. The molecule has 0 amide bonds. The van der Waals surface area contributed by atoms with Crippen LogP contribution in [0.5, 0.6) is 0 Å². The number of fused-ring (bicyclic) bond motifs is 6. The maximum Gasteiger partial charge on any atom is 0.195 e. The van der Waals surface area contributed by atoms with Crippen LogP contribution in [0.15, 0.2) is 164 Å². The average molecular weight is 734 g/mol. The summed E-state index contributed by atoms with van der Waals surface area (Å²) in [6.07, 6.45) is 0. The first-order chi connectivity index (χ1) is 27.4. The highest BCUT2D eigenvalue weighted by Gasteiger charge is 2.26. The van der Waals surface area contributed by atoms with Gasteiger partial charge in [-0.25, -0.2) is 17.6 Å². The van der Waals surface area contributed by atoms with Gasteiger partial charge in [0.1, 0.15) is 17.4 Å². The van der Waals surface area contributed by atoms with E-state index in [0.717, 1.165) is 65.9 Å². The van der Waals surface area contributed by atoms with Gasteiger partial charge in [-0.1, -0.05) is 121 Å². The Labute approximate surface area is 318 Å².